The molecule has 0 radical (unpaired) electrons. The fourth-order valence-corrected chi connectivity index (χ4v) is 2.06. The maximum atomic E-state index is 12.8. The normalized spacial score (nSPS) is 10.9. The van der Waals surface area contributed by atoms with Gasteiger partial charge in [-0.05, 0) is 48.0 Å². The summed E-state index contributed by atoms with van der Waals surface area (Å²) in [5.41, 5.74) is 2.90. The van der Waals surface area contributed by atoms with Crippen LogP contribution in [0, 0.1) is 5.82 Å². The quantitative estimate of drug-likeness (QED) is 0.644. The largest absolute Gasteiger partial charge is 0.354 e. The summed E-state index contributed by atoms with van der Waals surface area (Å²) in [7, 11) is 0. The summed E-state index contributed by atoms with van der Waals surface area (Å²) in [5.74, 6) is -0.229. The number of nitrogens with one attached hydrogen (secondary N) is 1. The Kier molecular flexibility index (Phi) is 2.37. The molecule has 0 aliphatic heterocycles. The predicted molar refractivity (Wildman–Crippen MR) is 68.7 cm³/mol. The maximum Gasteiger partial charge on any atom is 0.123 e. The molecule has 0 amide bonds. The minimum Gasteiger partial charge on any atom is -0.354 e. The van der Waals surface area contributed by atoms with Crippen molar-refractivity contribution in [3.63, 3.8) is 0 Å². The van der Waals surface area contributed by atoms with Gasteiger partial charge in [0.25, 0.3) is 0 Å². The first-order valence-corrected chi connectivity index (χ1v) is 5.64. The van der Waals surface area contributed by atoms with Gasteiger partial charge in [-0.2, -0.15) is 0 Å². The molecule has 3 heteroatoms. The minimum atomic E-state index is -0.229. The van der Waals surface area contributed by atoms with E-state index in [0.29, 0.717) is 5.02 Å². The number of aromatic nitrogens is 1. The van der Waals surface area contributed by atoms with Crippen LogP contribution in [0.4, 0.5) is 4.39 Å². The minimum absolute atomic E-state index is 0.229. The van der Waals surface area contributed by atoms with Crippen molar-refractivity contribution in [3.05, 3.63) is 59.4 Å². The molecule has 1 aromatic heterocycles. The van der Waals surface area contributed by atoms with E-state index in [1.54, 1.807) is 12.1 Å². The molecule has 0 fully saturated rings. The van der Waals surface area contributed by atoms with E-state index in [4.69, 9.17) is 11.6 Å². The maximum absolute atomic E-state index is 12.8. The first-order valence-electron chi connectivity index (χ1n) is 5.26. The lowest BCUT2D eigenvalue weighted by Crippen LogP contribution is -1.77. The number of H-pyrrole nitrogens is 1. The third-order valence-electron chi connectivity index (χ3n) is 2.74. The molecule has 0 aliphatic rings. The van der Waals surface area contributed by atoms with Crippen LogP contribution in [0.5, 0.6) is 0 Å². The van der Waals surface area contributed by atoms with Gasteiger partial charge < -0.3 is 4.98 Å². The van der Waals surface area contributed by atoms with Gasteiger partial charge in [-0.1, -0.05) is 17.7 Å². The smallest absolute Gasteiger partial charge is 0.123 e. The van der Waals surface area contributed by atoms with Crippen LogP contribution in [-0.2, 0) is 0 Å². The molecule has 0 bridgehead atoms. The van der Waals surface area contributed by atoms with E-state index in [1.165, 1.54) is 12.1 Å². The summed E-state index contributed by atoms with van der Waals surface area (Å²) >= 11 is 5.93. The molecule has 0 saturated carbocycles. The lowest BCUT2D eigenvalue weighted by atomic mass is 10.1. The molecule has 0 atom stereocenters. The van der Waals surface area contributed by atoms with E-state index in [9.17, 15) is 4.39 Å². The number of hydrogen-bond acceptors (Lipinski definition) is 0. The Balaban J connectivity index is 2.14. The third-order valence-corrected chi connectivity index (χ3v) is 2.97. The summed E-state index contributed by atoms with van der Waals surface area (Å²) in [6, 6.07) is 14.1. The van der Waals surface area contributed by atoms with E-state index in [-0.39, 0.29) is 5.82 Å². The Labute approximate surface area is 103 Å². The summed E-state index contributed by atoms with van der Waals surface area (Å²) in [5, 5.41) is 1.79. The fraction of sp³-hybridized carbons (Fsp3) is 0. The van der Waals surface area contributed by atoms with E-state index in [1.807, 2.05) is 24.3 Å². The zero-order valence-electron chi connectivity index (χ0n) is 8.87. The Morgan fingerprint density at radius 1 is 0.941 bits per heavy atom. The Morgan fingerprint density at radius 3 is 2.47 bits per heavy atom. The number of fused-ring (bicyclic) bond motifs is 1. The topological polar surface area (TPSA) is 15.8 Å². The molecule has 0 saturated heterocycles. The molecule has 2 aromatic carbocycles. The molecule has 0 unspecified atom stereocenters. The van der Waals surface area contributed by atoms with Gasteiger partial charge in [0.15, 0.2) is 0 Å². The molecule has 84 valence electrons. The Hall–Kier alpha value is -1.80. The highest BCUT2D eigenvalue weighted by molar-refractivity contribution is 6.31. The predicted octanol–water partition coefficient (Wildman–Crippen LogP) is 4.63. The second-order valence-electron chi connectivity index (χ2n) is 3.92. The first-order chi connectivity index (χ1) is 8.22. The van der Waals surface area contributed by atoms with Crippen molar-refractivity contribution in [1.29, 1.82) is 0 Å². The van der Waals surface area contributed by atoms with Gasteiger partial charge in [-0.15, -0.1) is 0 Å². The Morgan fingerprint density at radius 2 is 1.71 bits per heavy atom. The van der Waals surface area contributed by atoms with Crippen LogP contribution in [0.25, 0.3) is 22.2 Å². The van der Waals surface area contributed by atoms with Crippen LogP contribution in [0.1, 0.15) is 0 Å². The summed E-state index contributed by atoms with van der Waals surface area (Å²) in [6.07, 6.45) is 0. The highest BCUT2D eigenvalue weighted by Crippen LogP contribution is 2.26. The highest BCUT2D eigenvalue weighted by atomic mass is 35.5. The van der Waals surface area contributed by atoms with Gasteiger partial charge in [0.2, 0.25) is 0 Å². The van der Waals surface area contributed by atoms with Crippen LogP contribution in [0.3, 0.4) is 0 Å². The van der Waals surface area contributed by atoms with Crippen molar-refractivity contribution in [2.24, 2.45) is 0 Å². The second kappa shape index (κ2) is 3.90. The van der Waals surface area contributed by atoms with Gasteiger partial charge >= 0.3 is 0 Å². The van der Waals surface area contributed by atoms with Crippen LogP contribution in [0.15, 0.2) is 48.5 Å². The van der Waals surface area contributed by atoms with Crippen molar-refractivity contribution < 1.29 is 4.39 Å². The Bertz CT molecular complexity index is 670. The molecular formula is C14H9ClFN. The van der Waals surface area contributed by atoms with Gasteiger partial charge in [-0.25, -0.2) is 4.39 Å². The summed E-state index contributed by atoms with van der Waals surface area (Å²) in [4.78, 5) is 3.27. The molecule has 3 aromatic rings. The number of hydrogen-bond donors (Lipinski definition) is 1. The standard InChI is InChI=1S/C14H9ClFN/c15-11-4-1-10-7-13(17-14(10)8-11)9-2-5-12(16)6-3-9/h1-8,17H. The third kappa shape index (κ3) is 1.92. The molecule has 0 spiro atoms. The zero-order valence-corrected chi connectivity index (χ0v) is 9.63. The van der Waals surface area contributed by atoms with Crippen LogP contribution < -0.4 is 0 Å². The van der Waals surface area contributed by atoms with Crippen LogP contribution in [0.2, 0.25) is 5.02 Å². The number of halogens is 2. The molecule has 1 nitrogen and oxygen atoms in total. The summed E-state index contributed by atoms with van der Waals surface area (Å²) < 4.78 is 12.8. The van der Waals surface area contributed by atoms with Crippen molar-refractivity contribution in [2.45, 2.75) is 0 Å². The first kappa shape index (κ1) is 10.4. The van der Waals surface area contributed by atoms with Crippen LogP contribution >= 0.6 is 11.6 Å². The number of benzene rings is 2. The van der Waals surface area contributed by atoms with Crippen molar-refractivity contribution >= 4 is 22.5 Å². The molecule has 1 heterocycles. The molecular weight excluding hydrogens is 237 g/mol. The van der Waals surface area contributed by atoms with Gasteiger partial charge in [0.05, 0.1) is 0 Å². The zero-order chi connectivity index (χ0) is 11.8. The summed E-state index contributed by atoms with van der Waals surface area (Å²) in [6.45, 7) is 0. The lowest BCUT2D eigenvalue weighted by molar-refractivity contribution is 0.628. The average Bonchev–Trinajstić information content (AvgIpc) is 2.72. The molecule has 17 heavy (non-hydrogen) atoms. The lowest BCUT2D eigenvalue weighted by Gasteiger charge is -1.96. The second-order valence-corrected chi connectivity index (χ2v) is 4.36. The number of rotatable bonds is 1. The van der Waals surface area contributed by atoms with Gasteiger partial charge in [-0.3, -0.25) is 0 Å². The molecule has 3 rings (SSSR count). The number of aromatic amines is 1. The molecule has 1 N–H and O–H groups in total. The average molecular weight is 246 g/mol. The monoisotopic (exact) mass is 245 g/mol. The van der Waals surface area contributed by atoms with Gasteiger partial charge in [0.1, 0.15) is 5.82 Å². The van der Waals surface area contributed by atoms with E-state index in [2.05, 4.69) is 4.98 Å². The SMILES string of the molecule is Fc1ccc(-c2cc3ccc(Cl)cc3[nH]2)cc1. The van der Waals surface area contributed by atoms with Crippen molar-refractivity contribution in [1.82, 2.24) is 4.98 Å². The van der Waals surface area contributed by atoms with E-state index < -0.39 is 0 Å². The highest BCUT2D eigenvalue weighted by Gasteiger charge is 2.03. The molecule has 0 aliphatic carbocycles. The fourth-order valence-electron chi connectivity index (χ4n) is 1.88. The van der Waals surface area contributed by atoms with Crippen molar-refractivity contribution in [2.75, 3.05) is 0 Å². The van der Waals surface area contributed by atoms with E-state index >= 15 is 0 Å². The van der Waals surface area contributed by atoms with Crippen molar-refractivity contribution in [3.8, 4) is 11.3 Å². The van der Waals surface area contributed by atoms with Gasteiger partial charge in [0, 0.05) is 21.6 Å². The van der Waals surface area contributed by atoms with E-state index in [0.717, 1.165) is 22.2 Å². The van der Waals surface area contributed by atoms with Crippen LogP contribution in [-0.4, -0.2) is 4.98 Å².